The first-order chi connectivity index (χ1) is 14.2. The minimum absolute atomic E-state index is 0.00321. The molecule has 8 nitrogen and oxygen atoms in total. The minimum Gasteiger partial charge on any atom is -0.387 e. The van der Waals surface area contributed by atoms with E-state index < -0.39 is 27.8 Å². The van der Waals surface area contributed by atoms with Gasteiger partial charge in [-0.25, -0.2) is 12.8 Å². The minimum atomic E-state index is -4.05. The van der Waals surface area contributed by atoms with Crippen LogP contribution in [0.5, 0.6) is 0 Å². The summed E-state index contributed by atoms with van der Waals surface area (Å²) in [4.78, 5) is -0.00321. The highest BCUT2D eigenvalue weighted by atomic mass is 35.5. The Morgan fingerprint density at radius 1 is 1.20 bits per heavy atom. The molecule has 160 valence electrons. The van der Waals surface area contributed by atoms with Crippen molar-refractivity contribution in [1.29, 1.82) is 0 Å². The Morgan fingerprint density at radius 3 is 2.57 bits per heavy atom. The molecule has 2 atom stereocenters. The molecule has 0 aliphatic carbocycles. The molecule has 0 saturated heterocycles. The fourth-order valence-electron chi connectivity index (χ4n) is 3.37. The van der Waals surface area contributed by atoms with Gasteiger partial charge in [0.05, 0.1) is 11.7 Å². The Labute approximate surface area is 179 Å². The molecule has 0 amide bonds. The summed E-state index contributed by atoms with van der Waals surface area (Å²) in [6, 6.07) is 6.47. The first kappa shape index (κ1) is 22.1. The van der Waals surface area contributed by atoms with Crippen molar-refractivity contribution in [3.05, 3.63) is 63.7 Å². The lowest BCUT2D eigenvalue weighted by Gasteiger charge is -2.25. The van der Waals surface area contributed by atoms with Gasteiger partial charge in [-0.05, 0) is 54.8 Å². The van der Waals surface area contributed by atoms with Gasteiger partial charge in [-0.1, -0.05) is 29.8 Å². The third kappa shape index (κ3) is 4.30. The van der Waals surface area contributed by atoms with Crippen LogP contribution in [0.15, 0.2) is 35.2 Å². The largest absolute Gasteiger partial charge is 0.387 e. The van der Waals surface area contributed by atoms with Crippen molar-refractivity contribution < 1.29 is 12.8 Å². The summed E-state index contributed by atoms with van der Waals surface area (Å²) in [7, 11) is -2.46. The zero-order valence-electron chi connectivity index (χ0n) is 16.9. The number of aromatic nitrogens is 4. The lowest BCUT2D eigenvalue weighted by atomic mass is 9.88. The Hall–Kier alpha value is -2.56. The van der Waals surface area contributed by atoms with Crippen molar-refractivity contribution in [3.63, 3.8) is 0 Å². The molecule has 0 fully saturated rings. The van der Waals surface area contributed by atoms with Gasteiger partial charge in [0.15, 0.2) is 5.82 Å². The summed E-state index contributed by atoms with van der Waals surface area (Å²) in [5.41, 5.74) is 2.34. The molecule has 0 aliphatic rings. The van der Waals surface area contributed by atoms with Crippen LogP contribution in [0.1, 0.15) is 41.4 Å². The highest BCUT2D eigenvalue weighted by molar-refractivity contribution is 7.89. The number of nitrogens with one attached hydrogen (secondary N) is 3. The van der Waals surface area contributed by atoms with Crippen LogP contribution in [0.2, 0.25) is 5.02 Å². The maximum absolute atomic E-state index is 14.7. The van der Waals surface area contributed by atoms with E-state index in [1.807, 2.05) is 6.92 Å². The second-order valence-corrected chi connectivity index (χ2v) is 9.07. The monoisotopic (exact) mass is 452 g/mol. The lowest BCUT2D eigenvalue weighted by molar-refractivity contribution is 0.478. The highest BCUT2D eigenvalue weighted by Gasteiger charge is 2.33. The molecule has 1 heterocycles. The number of rotatable bonds is 7. The van der Waals surface area contributed by atoms with Crippen molar-refractivity contribution in [2.24, 2.45) is 0 Å². The number of sulfonamides is 1. The van der Waals surface area contributed by atoms with E-state index in [0.29, 0.717) is 16.3 Å². The molecule has 2 aromatic carbocycles. The number of aromatic amines is 1. The van der Waals surface area contributed by atoms with Crippen LogP contribution < -0.4 is 10.0 Å². The molecule has 1 aromatic heterocycles. The van der Waals surface area contributed by atoms with E-state index in [4.69, 9.17) is 11.6 Å². The predicted molar refractivity (Wildman–Crippen MR) is 113 cm³/mol. The number of hydrogen-bond donors (Lipinski definition) is 3. The summed E-state index contributed by atoms with van der Waals surface area (Å²) >= 11 is 5.98. The van der Waals surface area contributed by atoms with Crippen molar-refractivity contribution in [1.82, 2.24) is 25.3 Å². The average molecular weight is 453 g/mol. The topological polar surface area (TPSA) is 113 Å². The summed E-state index contributed by atoms with van der Waals surface area (Å²) in [6.45, 7) is 5.38. The Balaban J connectivity index is 2.08. The Bertz CT molecular complexity index is 1150. The van der Waals surface area contributed by atoms with Gasteiger partial charge >= 0.3 is 0 Å². The standard InChI is InChI=1S/C19H22ClFN6O2S/c1-10-5-7-14(21)17(11(10)2)12(3)18(19-23-26-27-24-19)25-30(28,29)16-8-6-13(20)9-15(16)22-4/h5-9,12,18,22,25H,1-4H3,(H,23,24,26,27)/t12-,18+/m1/s1. The van der Waals surface area contributed by atoms with E-state index in [1.54, 1.807) is 27.0 Å². The summed E-state index contributed by atoms with van der Waals surface area (Å²) in [5, 5.41) is 17.0. The van der Waals surface area contributed by atoms with Crippen LogP contribution in [0.25, 0.3) is 0 Å². The molecule has 0 unspecified atom stereocenters. The number of anilines is 1. The summed E-state index contributed by atoms with van der Waals surface area (Å²) in [5.74, 6) is -0.949. The van der Waals surface area contributed by atoms with Gasteiger partial charge in [0.1, 0.15) is 10.7 Å². The number of tetrazole rings is 1. The van der Waals surface area contributed by atoms with Gasteiger partial charge in [-0.2, -0.15) is 9.94 Å². The number of hydrogen-bond acceptors (Lipinski definition) is 6. The molecular weight excluding hydrogens is 431 g/mol. The summed E-state index contributed by atoms with van der Waals surface area (Å²) in [6.07, 6.45) is 0. The lowest BCUT2D eigenvalue weighted by Crippen LogP contribution is -2.33. The molecule has 0 aliphatic heterocycles. The second-order valence-electron chi connectivity index (χ2n) is 6.95. The van der Waals surface area contributed by atoms with E-state index >= 15 is 0 Å². The molecule has 3 N–H and O–H groups in total. The van der Waals surface area contributed by atoms with Crippen LogP contribution in [0.4, 0.5) is 10.1 Å². The molecular formula is C19H22ClFN6O2S. The van der Waals surface area contributed by atoms with Crippen LogP contribution in [-0.2, 0) is 10.0 Å². The van der Waals surface area contributed by atoms with E-state index in [0.717, 1.165) is 11.1 Å². The molecule has 30 heavy (non-hydrogen) atoms. The molecule has 0 radical (unpaired) electrons. The van der Waals surface area contributed by atoms with Gasteiger partial charge in [-0.3, -0.25) is 0 Å². The number of benzene rings is 2. The van der Waals surface area contributed by atoms with Crippen molar-refractivity contribution >= 4 is 27.3 Å². The van der Waals surface area contributed by atoms with Gasteiger partial charge < -0.3 is 5.32 Å². The van der Waals surface area contributed by atoms with Crippen LogP contribution >= 0.6 is 11.6 Å². The van der Waals surface area contributed by atoms with Gasteiger partial charge in [0, 0.05) is 18.0 Å². The molecule has 3 aromatic rings. The molecule has 0 saturated carbocycles. The Morgan fingerprint density at radius 2 is 1.93 bits per heavy atom. The number of nitrogens with zero attached hydrogens (tertiary/aromatic N) is 3. The number of aryl methyl sites for hydroxylation is 1. The van der Waals surface area contributed by atoms with Crippen LogP contribution in [0.3, 0.4) is 0 Å². The van der Waals surface area contributed by atoms with E-state index in [2.05, 4.69) is 30.7 Å². The fraction of sp³-hybridized carbons (Fsp3) is 0.316. The maximum Gasteiger partial charge on any atom is 0.243 e. The fourth-order valence-corrected chi connectivity index (χ4v) is 5.01. The zero-order chi connectivity index (χ0) is 22.1. The molecule has 0 spiro atoms. The first-order valence-corrected chi connectivity index (χ1v) is 11.0. The average Bonchev–Trinajstić information content (AvgIpc) is 3.23. The van der Waals surface area contributed by atoms with Gasteiger partial charge in [0.2, 0.25) is 10.0 Å². The third-order valence-corrected chi connectivity index (χ3v) is 6.84. The molecule has 0 bridgehead atoms. The van der Waals surface area contributed by atoms with Gasteiger partial charge in [0.25, 0.3) is 0 Å². The SMILES string of the molecule is CNc1cc(Cl)ccc1S(=O)(=O)N[C@H](c1nn[nH]n1)[C@H](C)c1c(F)ccc(C)c1C. The normalized spacial score (nSPS) is 13.8. The second kappa shape index (κ2) is 8.66. The van der Waals surface area contributed by atoms with Crippen LogP contribution in [-0.4, -0.2) is 36.1 Å². The van der Waals surface area contributed by atoms with E-state index in [1.165, 1.54) is 24.3 Å². The third-order valence-electron chi connectivity index (χ3n) is 5.11. The van der Waals surface area contributed by atoms with E-state index in [9.17, 15) is 12.8 Å². The smallest absolute Gasteiger partial charge is 0.243 e. The molecule has 3 rings (SSSR count). The quantitative estimate of drug-likeness (QED) is 0.506. The maximum atomic E-state index is 14.7. The van der Waals surface area contributed by atoms with Crippen molar-refractivity contribution in [3.8, 4) is 0 Å². The highest BCUT2D eigenvalue weighted by Crippen LogP contribution is 2.35. The van der Waals surface area contributed by atoms with Gasteiger partial charge in [-0.15, -0.1) is 10.2 Å². The van der Waals surface area contributed by atoms with Crippen molar-refractivity contribution in [2.45, 2.75) is 37.6 Å². The number of halogens is 2. The van der Waals surface area contributed by atoms with E-state index in [-0.39, 0.29) is 10.7 Å². The molecule has 11 heteroatoms. The Kier molecular flexibility index (Phi) is 6.39. The predicted octanol–water partition coefficient (Wildman–Crippen LogP) is 3.47. The first-order valence-electron chi connectivity index (χ1n) is 9.14. The van der Waals surface area contributed by atoms with Crippen molar-refractivity contribution in [2.75, 3.05) is 12.4 Å². The summed E-state index contributed by atoms with van der Waals surface area (Å²) < 4.78 is 43.8. The zero-order valence-corrected chi connectivity index (χ0v) is 18.4. The van der Waals surface area contributed by atoms with Crippen LogP contribution in [0, 0.1) is 19.7 Å². The number of H-pyrrole nitrogens is 1.